The van der Waals surface area contributed by atoms with Crippen LogP contribution in [0.2, 0.25) is 5.02 Å². The molecule has 1 N–H and O–H groups in total. The Labute approximate surface area is 212 Å². The summed E-state index contributed by atoms with van der Waals surface area (Å²) in [6.45, 7) is 1.72. The quantitative estimate of drug-likeness (QED) is 0.419. The van der Waals surface area contributed by atoms with Crippen molar-refractivity contribution < 1.29 is 17.6 Å². The van der Waals surface area contributed by atoms with Crippen molar-refractivity contribution in [3.8, 4) is 23.0 Å². The molecule has 1 atom stereocenters. The van der Waals surface area contributed by atoms with Crippen LogP contribution in [0.5, 0.6) is 0 Å². The molecule has 10 heteroatoms. The maximum Gasteiger partial charge on any atom is 0.251 e. The van der Waals surface area contributed by atoms with Gasteiger partial charge in [0.25, 0.3) is 5.91 Å². The van der Waals surface area contributed by atoms with Gasteiger partial charge in [0.05, 0.1) is 44.9 Å². The van der Waals surface area contributed by atoms with Crippen LogP contribution in [0.4, 0.5) is 4.39 Å². The van der Waals surface area contributed by atoms with Crippen LogP contribution in [0.25, 0.3) is 27.8 Å². The summed E-state index contributed by atoms with van der Waals surface area (Å²) in [5.41, 5.74) is 2.05. The first-order chi connectivity index (χ1) is 17.1. The number of carbonyl (C=O) groups excluding carboxylic acids is 1. The zero-order valence-corrected chi connectivity index (χ0v) is 20.7. The molecule has 0 saturated carbocycles. The Kier molecular flexibility index (Phi) is 5.81. The number of amides is 1. The summed E-state index contributed by atoms with van der Waals surface area (Å²) in [5, 5.41) is 18.0. The van der Waals surface area contributed by atoms with Gasteiger partial charge in [-0.25, -0.2) is 17.5 Å². The van der Waals surface area contributed by atoms with Crippen molar-refractivity contribution in [1.82, 2.24) is 15.1 Å². The van der Waals surface area contributed by atoms with Crippen molar-refractivity contribution in [1.29, 1.82) is 5.26 Å². The molecule has 3 aromatic carbocycles. The zero-order valence-electron chi connectivity index (χ0n) is 19.1. The second-order valence-corrected chi connectivity index (χ2v) is 11.7. The second-order valence-electron chi connectivity index (χ2n) is 9.13. The van der Waals surface area contributed by atoms with E-state index in [0.717, 1.165) is 0 Å². The van der Waals surface area contributed by atoms with Gasteiger partial charge in [0, 0.05) is 16.5 Å². The molecule has 7 nitrogen and oxygen atoms in total. The van der Waals surface area contributed by atoms with E-state index in [0.29, 0.717) is 50.4 Å². The first-order valence-corrected chi connectivity index (χ1v) is 13.3. The monoisotopic (exact) mass is 522 g/mol. The van der Waals surface area contributed by atoms with E-state index in [-0.39, 0.29) is 11.5 Å². The fourth-order valence-electron chi connectivity index (χ4n) is 4.47. The molecule has 0 unspecified atom stereocenters. The van der Waals surface area contributed by atoms with Crippen LogP contribution in [0.15, 0.2) is 60.7 Å². The number of carbonyl (C=O) groups is 1. The van der Waals surface area contributed by atoms with Gasteiger partial charge in [-0.05, 0) is 74.0 Å². The Morgan fingerprint density at radius 3 is 2.58 bits per heavy atom. The van der Waals surface area contributed by atoms with Crippen LogP contribution in [0.3, 0.4) is 0 Å². The summed E-state index contributed by atoms with van der Waals surface area (Å²) >= 11 is 6.46. The normalized spacial score (nSPS) is 18.7. The molecule has 0 bridgehead atoms. The lowest BCUT2D eigenvalue weighted by Crippen LogP contribution is -2.46. The fraction of sp³-hybridized carbons (Fsp3) is 0.192. The number of halogens is 2. The molecule has 0 radical (unpaired) electrons. The minimum Gasteiger partial charge on any atom is -0.346 e. The fourth-order valence-corrected chi connectivity index (χ4v) is 6.77. The molecule has 1 aliphatic heterocycles. The van der Waals surface area contributed by atoms with Crippen molar-refractivity contribution in [2.75, 3.05) is 11.5 Å². The molecule has 0 aliphatic carbocycles. The Bertz CT molecular complexity index is 1680. The van der Waals surface area contributed by atoms with Gasteiger partial charge < -0.3 is 5.32 Å². The third-order valence-electron chi connectivity index (χ3n) is 6.28. The topological polar surface area (TPSA) is 105 Å². The maximum absolute atomic E-state index is 13.6. The lowest BCUT2D eigenvalue weighted by atomic mass is 10.0. The van der Waals surface area contributed by atoms with Crippen molar-refractivity contribution in [2.45, 2.75) is 18.9 Å². The molecule has 1 amide bonds. The Hall–Kier alpha value is -3.74. The van der Waals surface area contributed by atoms with Gasteiger partial charge >= 0.3 is 0 Å². The lowest BCUT2D eigenvalue weighted by molar-refractivity contribution is 0.0915. The lowest BCUT2D eigenvalue weighted by Gasteiger charge is -2.23. The first kappa shape index (κ1) is 24.0. The first-order valence-electron chi connectivity index (χ1n) is 11.1. The molecular formula is C26H20ClFN4O3S. The third kappa shape index (κ3) is 4.45. The molecule has 0 spiro atoms. The SMILES string of the molecule is C[C@@]1(NC(=O)c2ccc3c(-c4cc(C#N)ccc4Cl)nn(-c4ccc(F)cc4)c3c2)CCS(=O)(=O)C1. The Balaban J connectivity index is 1.64. The number of rotatable bonds is 4. The average molecular weight is 523 g/mol. The van der Waals surface area contributed by atoms with Crippen molar-refractivity contribution in [3.63, 3.8) is 0 Å². The van der Waals surface area contributed by atoms with Gasteiger partial charge in [-0.15, -0.1) is 0 Å². The number of nitrogens with zero attached hydrogens (tertiary/aromatic N) is 3. The number of sulfone groups is 1. The summed E-state index contributed by atoms with van der Waals surface area (Å²) in [7, 11) is -3.19. The van der Waals surface area contributed by atoms with Crippen molar-refractivity contribution in [2.24, 2.45) is 0 Å². The summed E-state index contributed by atoms with van der Waals surface area (Å²) < 4.78 is 39.1. The average Bonchev–Trinajstić information content (AvgIpc) is 3.35. The highest BCUT2D eigenvalue weighted by Crippen LogP contribution is 2.35. The minimum absolute atomic E-state index is 0.0338. The third-order valence-corrected chi connectivity index (χ3v) is 8.52. The van der Waals surface area contributed by atoms with Crippen LogP contribution in [-0.4, -0.2) is 41.2 Å². The summed E-state index contributed by atoms with van der Waals surface area (Å²) in [6, 6.07) is 17.7. The molecule has 1 aromatic heterocycles. The zero-order chi connectivity index (χ0) is 25.7. The van der Waals surface area contributed by atoms with E-state index in [1.165, 1.54) is 12.1 Å². The van der Waals surface area contributed by atoms with E-state index in [9.17, 15) is 22.9 Å². The van der Waals surface area contributed by atoms with Gasteiger partial charge in [-0.1, -0.05) is 11.6 Å². The molecule has 182 valence electrons. The number of fused-ring (bicyclic) bond motifs is 1. The van der Waals surface area contributed by atoms with Gasteiger partial charge in [-0.2, -0.15) is 10.4 Å². The number of hydrogen-bond donors (Lipinski definition) is 1. The van der Waals surface area contributed by atoms with E-state index in [2.05, 4.69) is 11.4 Å². The van der Waals surface area contributed by atoms with E-state index >= 15 is 0 Å². The van der Waals surface area contributed by atoms with E-state index in [4.69, 9.17) is 16.7 Å². The number of nitriles is 1. The molecule has 4 aromatic rings. The predicted molar refractivity (Wildman–Crippen MR) is 135 cm³/mol. The highest BCUT2D eigenvalue weighted by molar-refractivity contribution is 7.91. The van der Waals surface area contributed by atoms with Crippen LogP contribution < -0.4 is 5.32 Å². The summed E-state index contributed by atoms with van der Waals surface area (Å²) in [6.07, 6.45) is 0.342. The second kappa shape index (κ2) is 8.73. The summed E-state index contributed by atoms with van der Waals surface area (Å²) in [5.74, 6) is -0.889. The number of benzene rings is 3. The number of aromatic nitrogens is 2. The van der Waals surface area contributed by atoms with Crippen molar-refractivity contribution in [3.05, 3.63) is 82.6 Å². The molecular weight excluding hydrogens is 503 g/mol. The molecule has 1 aliphatic rings. The Morgan fingerprint density at radius 1 is 1.17 bits per heavy atom. The van der Waals surface area contributed by atoms with Gasteiger partial charge in [0.1, 0.15) is 11.5 Å². The van der Waals surface area contributed by atoms with E-state index < -0.39 is 27.1 Å². The molecule has 1 fully saturated rings. The predicted octanol–water partition coefficient (Wildman–Crippen LogP) is 4.66. The summed E-state index contributed by atoms with van der Waals surface area (Å²) in [4.78, 5) is 13.1. The Morgan fingerprint density at radius 2 is 1.92 bits per heavy atom. The highest BCUT2D eigenvalue weighted by Gasteiger charge is 2.39. The minimum atomic E-state index is -3.19. The number of hydrogen-bond acceptors (Lipinski definition) is 5. The van der Waals surface area contributed by atoms with E-state index in [1.807, 2.05) is 0 Å². The molecule has 1 saturated heterocycles. The van der Waals surface area contributed by atoms with Gasteiger partial charge in [-0.3, -0.25) is 4.79 Å². The van der Waals surface area contributed by atoms with Gasteiger partial charge in [0.15, 0.2) is 9.84 Å². The van der Waals surface area contributed by atoms with Crippen LogP contribution >= 0.6 is 11.6 Å². The van der Waals surface area contributed by atoms with Crippen LogP contribution in [-0.2, 0) is 9.84 Å². The molecule has 5 rings (SSSR count). The molecule has 36 heavy (non-hydrogen) atoms. The maximum atomic E-state index is 13.6. The van der Waals surface area contributed by atoms with Crippen molar-refractivity contribution >= 4 is 38.2 Å². The van der Waals surface area contributed by atoms with Crippen LogP contribution in [0, 0.1) is 17.1 Å². The van der Waals surface area contributed by atoms with E-state index in [1.54, 1.807) is 60.1 Å². The highest BCUT2D eigenvalue weighted by atomic mass is 35.5. The largest absolute Gasteiger partial charge is 0.346 e. The smallest absolute Gasteiger partial charge is 0.251 e. The molecule has 2 heterocycles. The standard InChI is InChI=1S/C26H20ClFN4O3S/c1-26(10-11-36(34,35)15-26)30-25(33)17-3-8-20-23(13-17)32(19-6-4-18(28)5-7-19)31-24(20)21-12-16(14-29)2-9-22(21)27/h2-9,12-13H,10-11,15H2,1H3,(H,30,33)/t26-/m1/s1. The van der Waals surface area contributed by atoms with Crippen LogP contribution in [0.1, 0.15) is 29.3 Å². The van der Waals surface area contributed by atoms with Gasteiger partial charge in [0.2, 0.25) is 0 Å². The number of nitrogens with one attached hydrogen (secondary N) is 1.